The number of amides is 1. The molecule has 1 amide bonds. The quantitative estimate of drug-likeness (QED) is 0.678. The molecule has 0 spiro atoms. The highest BCUT2D eigenvalue weighted by Gasteiger charge is 2.16. The lowest BCUT2D eigenvalue weighted by Gasteiger charge is -2.32. The van der Waals surface area contributed by atoms with Crippen molar-refractivity contribution >= 4 is 24.2 Å². The van der Waals surface area contributed by atoms with E-state index in [-0.39, 0.29) is 5.91 Å². The van der Waals surface area contributed by atoms with Gasteiger partial charge in [0, 0.05) is 44.0 Å². The number of aryl methyl sites for hydroxylation is 1. The van der Waals surface area contributed by atoms with Crippen molar-refractivity contribution in [3.05, 3.63) is 59.2 Å². The fraction of sp³-hybridized carbons (Fsp3) is 0.350. The first-order valence-electron chi connectivity index (χ1n) is 9.20. The van der Waals surface area contributed by atoms with Crippen molar-refractivity contribution in [2.24, 2.45) is 0 Å². The molecule has 7 heteroatoms. The Balaban J connectivity index is 1.61. The Bertz CT molecular complexity index is 788. The SMILES string of the molecule is Cc1ccc(NC(=O)c2ccc(CN3CCN(C)CC3)cc2)cc1B(O)O. The third kappa shape index (κ3) is 5.17. The summed E-state index contributed by atoms with van der Waals surface area (Å²) in [7, 11) is 0.582. The van der Waals surface area contributed by atoms with Crippen LogP contribution in [0.25, 0.3) is 0 Å². The second-order valence-electron chi connectivity index (χ2n) is 7.18. The molecule has 2 aromatic carbocycles. The third-order valence-corrected chi connectivity index (χ3v) is 5.03. The van der Waals surface area contributed by atoms with E-state index < -0.39 is 7.12 Å². The van der Waals surface area contributed by atoms with E-state index in [9.17, 15) is 14.8 Å². The van der Waals surface area contributed by atoms with Crippen LogP contribution in [0.3, 0.4) is 0 Å². The maximum Gasteiger partial charge on any atom is 0.488 e. The molecular formula is C20H26BN3O3. The molecular weight excluding hydrogens is 341 g/mol. The number of piperazine rings is 1. The van der Waals surface area contributed by atoms with E-state index in [1.165, 1.54) is 5.56 Å². The van der Waals surface area contributed by atoms with Crippen LogP contribution in [0.1, 0.15) is 21.5 Å². The van der Waals surface area contributed by atoms with Crippen molar-refractivity contribution in [1.82, 2.24) is 9.80 Å². The van der Waals surface area contributed by atoms with Crippen molar-refractivity contribution in [3.63, 3.8) is 0 Å². The van der Waals surface area contributed by atoms with E-state index in [0.717, 1.165) is 38.3 Å². The smallest absolute Gasteiger partial charge is 0.423 e. The van der Waals surface area contributed by atoms with Gasteiger partial charge in [-0.2, -0.15) is 0 Å². The molecule has 27 heavy (non-hydrogen) atoms. The molecule has 1 aliphatic rings. The number of hydrogen-bond donors (Lipinski definition) is 3. The van der Waals surface area contributed by atoms with E-state index in [0.29, 0.717) is 16.7 Å². The van der Waals surface area contributed by atoms with Crippen LogP contribution >= 0.6 is 0 Å². The van der Waals surface area contributed by atoms with Gasteiger partial charge in [-0.15, -0.1) is 0 Å². The molecule has 0 saturated carbocycles. The van der Waals surface area contributed by atoms with Crippen LogP contribution in [0.2, 0.25) is 0 Å². The molecule has 142 valence electrons. The average Bonchev–Trinajstić information content (AvgIpc) is 2.65. The summed E-state index contributed by atoms with van der Waals surface area (Å²) in [5, 5.41) is 21.6. The van der Waals surface area contributed by atoms with Crippen LogP contribution in [-0.4, -0.2) is 66.1 Å². The Hall–Kier alpha value is -2.19. The van der Waals surface area contributed by atoms with Gasteiger partial charge in [0.15, 0.2) is 0 Å². The van der Waals surface area contributed by atoms with Crippen LogP contribution in [-0.2, 0) is 6.54 Å². The lowest BCUT2D eigenvalue weighted by atomic mass is 9.77. The van der Waals surface area contributed by atoms with Gasteiger partial charge in [0.05, 0.1) is 0 Å². The zero-order valence-electron chi connectivity index (χ0n) is 15.9. The molecule has 0 aliphatic carbocycles. The van der Waals surface area contributed by atoms with Crippen LogP contribution in [0.4, 0.5) is 5.69 Å². The predicted molar refractivity (Wildman–Crippen MR) is 108 cm³/mol. The van der Waals surface area contributed by atoms with Crippen molar-refractivity contribution in [2.75, 3.05) is 38.5 Å². The number of rotatable bonds is 5. The molecule has 1 heterocycles. The summed E-state index contributed by atoms with van der Waals surface area (Å²) in [6, 6.07) is 12.7. The van der Waals surface area contributed by atoms with Gasteiger partial charge in [-0.05, 0) is 49.3 Å². The number of anilines is 1. The Morgan fingerprint density at radius 3 is 2.37 bits per heavy atom. The van der Waals surface area contributed by atoms with Crippen LogP contribution in [0.15, 0.2) is 42.5 Å². The lowest BCUT2D eigenvalue weighted by molar-refractivity contribution is 0.102. The lowest BCUT2D eigenvalue weighted by Crippen LogP contribution is -2.43. The normalized spacial score (nSPS) is 15.6. The van der Waals surface area contributed by atoms with Crippen molar-refractivity contribution in [2.45, 2.75) is 13.5 Å². The highest BCUT2D eigenvalue weighted by atomic mass is 16.4. The average molecular weight is 367 g/mol. The van der Waals surface area contributed by atoms with Gasteiger partial charge in [0.1, 0.15) is 0 Å². The molecule has 0 unspecified atom stereocenters. The maximum absolute atomic E-state index is 12.5. The zero-order valence-corrected chi connectivity index (χ0v) is 15.9. The predicted octanol–water partition coefficient (Wildman–Crippen LogP) is 0.675. The zero-order chi connectivity index (χ0) is 19.4. The highest BCUT2D eigenvalue weighted by molar-refractivity contribution is 6.59. The van der Waals surface area contributed by atoms with Gasteiger partial charge in [-0.1, -0.05) is 23.8 Å². The van der Waals surface area contributed by atoms with E-state index in [2.05, 4.69) is 22.2 Å². The number of nitrogens with zero attached hydrogens (tertiary/aromatic N) is 2. The van der Waals surface area contributed by atoms with Gasteiger partial charge in [-0.3, -0.25) is 9.69 Å². The topological polar surface area (TPSA) is 76.0 Å². The fourth-order valence-electron chi connectivity index (χ4n) is 3.23. The van der Waals surface area contributed by atoms with Gasteiger partial charge < -0.3 is 20.3 Å². The minimum Gasteiger partial charge on any atom is -0.423 e. The summed E-state index contributed by atoms with van der Waals surface area (Å²) < 4.78 is 0. The molecule has 3 rings (SSSR count). The monoisotopic (exact) mass is 367 g/mol. The first-order valence-corrected chi connectivity index (χ1v) is 9.20. The molecule has 0 bridgehead atoms. The second kappa shape index (κ2) is 8.67. The summed E-state index contributed by atoms with van der Waals surface area (Å²) in [6.45, 7) is 6.98. The molecule has 1 saturated heterocycles. The van der Waals surface area contributed by atoms with E-state index in [4.69, 9.17) is 0 Å². The van der Waals surface area contributed by atoms with E-state index in [1.54, 1.807) is 25.1 Å². The van der Waals surface area contributed by atoms with Crippen LogP contribution < -0.4 is 10.8 Å². The highest BCUT2D eigenvalue weighted by Crippen LogP contribution is 2.13. The van der Waals surface area contributed by atoms with Crippen LogP contribution in [0, 0.1) is 6.92 Å². The minimum absolute atomic E-state index is 0.219. The fourth-order valence-corrected chi connectivity index (χ4v) is 3.23. The molecule has 1 aliphatic heterocycles. The van der Waals surface area contributed by atoms with Crippen molar-refractivity contribution < 1.29 is 14.8 Å². The molecule has 0 atom stereocenters. The summed E-state index contributed by atoms with van der Waals surface area (Å²) >= 11 is 0. The molecule has 3 N–H and O–H groups in total. The van der Waals surface area contributed by atoms with Crippen molar-refractivity contribution in [1.29, 1.82) is 0 Å². The number of likely N-dealkylation sites (N-methyl/N-ethyl adjacent to an activating group) is 1. The van der Waals surface area contributed by atoms with Gasteiger partial charge >= 0.3 is 7.12 Å². The Kier molecular flexibility index (Phi) is 6.28. The number of carbonyl (C=O) groups excluding carboxylic acids is 1. The molecule has 2 aromatic rings. The van der Waals surface area contributed by atoms with Gasteiger partial charge in [0.2, 0.25) is 0 Å². The Morgan fingerprint density at radius 2 is 1.74 bits per heavy atom. The van der Waals surface area contributed by atoms with Gasteiger partial charge in [-0.25, -0.2) is 0 Å². The molecule has 0 aromatic heterocycles. The Morgan fingerprint density at radius 1 is 1.07 bits per heavy atom. The Labute approximate surface area is 160 Å². The summed E-state index contributed by atoms with van der Waals surface area (Å²) in [5.41, 5.74) is 3.45. The van der Waals surface area contributed by atoms with Gasteiger partial charge in [0.25, 0.3) is 5.91 Å². The summed E-state index contributed by atoms with van der Waals surface area (Å²) in [4.78, 5) is 17.2. The number of benzene rings is 2. The molecule has 0 radical (unpaired) electrons. The van der Waals surface area contributed by atoms with E-state index in [1.807, 2.05) is 24.3 Å². The summed E-state index contributed by atoms with van der Waals surface area (Å²) in [5.74, 6) is -0.219. The molecule has 1 fully saturated rings. The number of nitrogens with one attached hydrogen (secondary N) is 1. The minimum atomic E-state index is -1.56. The first-order chi connectivity index (χ1) is 12.9. The third-order valence-electron chi connectivity index (χ3n) is 5.03. The maximum atomic E-state index is 12.5. The van der Waals surface area contributed by atoms with E-state index >= 15 is 0 Å². The first kappa shape index (κ1) is 19.6. The van der Waals surface area contributed by atoms with Crippen molar-refractivity contribution in [3.8, 4) is 0 Å². The van der Waals surface area contributed by atoms with Crippen LogP contribution in [0.5, 0.6) is 0 Å². The summed E-state index contributed by atoms with van der Waals surface area (Å²) in [6.07, 6.45) is 0. The standard InChI is InChI=1S/C20H26BN3O3/c1-15-3-8-18(13-19(15)21(26)27)22-20(25)17-6-4-16(5-7-17)14-24-11-9-23(2)10-12-24/h3-8,13,26-27H,9-12,14H2,1-2H3,(H,22,25). The largest absolute Gasteiger partial charge is 0.488 e. The second-order valence-corrected chi connectivity index (χ2v) is 7.18. The number of hydrogen-bond acceptors (Lipinski definition) is 5. The molecule has 6 nitrogen and oxygen atoms in total. The number of carbonyl (C=O) groups is 1.